The number of hydrogen-bond donors (Lipinski definition) is 1. The number of ether oxygens (including phenoxy) is 2. The SMILES string of the molecule is COc1cc(-c2ccc(C3CCc4ccc(C(C5CC5)[C@H](C)C(=O)O)cc4O3)cc2CN2CCC(C(F)(F)F)C2)c(F)cn1. The first kappa shape index (κ1) is 30.4. The van der Waals surface area contributed by atoms with Gasteiger partial charge in [0, 0.05) is 24.7 Å². The lowest BCUT2D eigenvalue weighted by molar-refractivity contribution is -0.170. The average Bonchev–Trinajstić information content (AvgIpc) is 3.72. The van der Waals surface area contributed by atoms with Gasteiger partial charge in [0.1, 0.15) is 17.7 Å². The van der Waals surface area contributed by atoms with Gasteiger partial charge in [0.05, 0.1) is 25.1 Å². The number of fused-ring (bicyclic) bond motifs is 1. The standard InChI is InChI=1S/C34H36F4N2O4/c1-19(33(41)42)32(21-4-5-21)23-6-3-20-8-10-29(44-30(20)14-23)22-7-9-26(27-15-31(43-2)39-16-28(27)35)24(13-22)17-40-12-11-25(18-40)34(36,37)38/h3,6-7,9,13-16,19,21,25,29,32H,4-5,8,10-12,17-18H2,1-2H3,(H,41,42)/t19-,25?,29?,32?/m0/s1. The molecule has 0 bridgehead atoms. The van der Waals surface area contributed by atoms with E-state index in [4.69, 9.17) is 9.47 Å². The third kappa shape index (κ3) is 6.27. The van der Waals surface area contributed by atoms with Crippen molar-refractivity contribution in [1.82, 2.24) is 9.88 Å². The maximum Gasteiger partial charge on any atom is 0.393 e. The number of carboxylic acid groups (broad SMARTS) is 1. The maximum atomic E-state index is 15.1. The second kappa shape index (κ2) is 12.0. The molecule has 1 aliphatic carbocycles. The number of aryl methyl sites for hydroxylation is 1. The van der Waals surface area contributed by atoms with Crippen LogP contribution < -0.4 is 9.47 Å². The van der Waals surface area contributed by atoms with Gasteiger partial charge in [-0.15, -0.1) is 0 Å². The second-order valence-corrected chi connectivity index (χ2v) is 12.4. The minimum atomic E-state index is -4.26. The van der Waals surface area contributed by atoms with Crippen molar-refractivity contribution < 1.29 is 36.9 Å². The summed E-state index contributed by atoms with van der Waals surface area (Å²) >= 11 is 0. The van der Waals surface area contributed by atoms with Crippen molar-refractivity contribution in [3.8, 4) is 22.8 Å². The Hall–Kier alpha value is -3.66. The van der Waals surface area contributed by atoms with E-state index in [1.165, 1.54) is 13.2 Å². The molecule has 1 saturated heterocycles. The molecule has 3 aliphatic rings. The van der Waals surface area contributed by atoms with Crippen LogP contribution in [-0.2, 0) is 17.8 Å². The van der Waals surface area contributed by atoms with Crippen molar-refractivity contribution in [2.24, 2.45) is 17.8 Å². The smallest absolute Gasteiger partial charge is 0.393 e. The highest BCUT2D eigenvalue weighted by atomic mass is 19.4. The van der Waals surface area contributed by atoms with Crippen LogP contribution in [0.3, 0.4) is 0 Å². The van der Waals surface area contributed by atoms with Crippen molar-refractivity contribution in [3.63, 3.8) is 0 Å². The van der Waals surface area contributed by atoms with Crippen LogP contribution in [0.25, 0.3) is 11.1 Å². The Labute approximate surface area is 254 Å². The molecule has 0 amide bonds. The van der Waals surface area contributed by atoms with Crippen molar-refractivity contribution in [3.05, 3.63) is 76.7 Å². The molecule has 2 fully saturated rings. The molecule has 0 spiro atoms. The van der Waals surface area contributed by atoms with Crippen LogP contribution in [0.15, 0.2) is 48.7 Å². The van der Waals surface area contributed by atoms with E-state index in [0.717, 1.165) is 47.9 Å². The summed E-state index contributed by atoms with van der Waals surface area (Å²) in [5, 5.41) is 9.73. The van der Waals surface area contributed by atoms with E-state index >= 15 is 4.39 Å². The molecule has 0 radical (unpaired) electrons. The van der Waals surface area contributed by atoms with Gasteiger partial charge in [0.25, 0.3) is 0 Å². The molecule has 3 aromatic rings. The Morgan fingerprint density at radius 1 is 1.11 bits per heavy atom. The van der Waals surface area contributed by atoms with Crippen LogP contribution in [0.4, 0.5) is 17.6 Å². The van der Waals surface area contributed by atoms with Gasteiger partial charge >= 0.3 is 12.1 Å². The van der Waals surface area contributed by atoms with Crippen molar-refractivity contribution in [2.45, 2.75) is 63.8 Å². The van der Waals surface area contributed by atoms with Gasteiger partial charge < -0.3 is 14.6 Å². The normalized spacial score (nSPS) is 21.8. The lowest BCUT2D eigenvalue weighted by atomic mass is 9.82. The number of benzene rings is 2. The zero-order chi connectivity index (χ0) is 31.2. The van der Waals surface area contributed by atoms with Crippen LogP contribution in [0.1, 0.15) is 66.9 Å². The number of rotatable bonds is 9. The minimum absolute atomic E-state index is 0.0309. The lowest BCUT2D eigenvalue weighted by Gasteiger charge is -2.29. The first-order valence-electron chi connectivity index (χ1n) is 15.2. The van der Waals surface area contributed by atoms with E-state index < -0.39 is 29.8 Å². The second-order valence-electron chi connectivity index (χ2n) is 12.4. The number of pyridine rings is 1. The first-order chi connectivity index (χ1) is 21.0. The fraction of sp³-hybridized carbons (Fsp3) is 0.471. The van der Waals surface area contributed by atoms with E-state index in [1.54, 1.807) is 17.9 Å². The van der Waals surface area contributed by atoms with Gasteiger partial charge in [-0.3, -0.25) is 9.69 Å². The number of alkyl halides is 3. The van der Waals surface area contributed by atoms with Crippen molar-refractivity contribution >= 4 is 5.97 Å². The summed E-state index contributed by atoms with van der Waals surface area (Å²) < 4.78 is 67.1. The van der Waals surface area contributed by atoms with Gasteiger partial charge in [-0.2, -0.15) is 13.2 Å². The zero-order valence-electron chi connectivity index (χ0n) is 24.7. The van der Waals surface area contributed by atoms with Gasteiger partial charge in [-0.05, 0) is 84.4 Å². The summed E-state index contributed by atoms with van der Waals surface area (Å²) in [6, 6.07) is 13.1. The first-order valence-corrected chi connectivity index (χ1v) is 15.2. The van der Waals surface area contributed by atoms with Crippen LogP contribution in [0, 0.1) is 23.6 Å². The Kier molecular flexibility index (Phi) is 8.30. The molecule has 1 aromatic heterocycles. The summed E-state index contributed by atoms with van der Waals surface area (Å²) in [5.41, 5.74) is 4.41. The number of hydrogen-bond acceptors (Lipinski definition) is 5. The molecule has 6 nitrogen and oxygen atoms in total. The summed E-state index contributed by atoms with van der Waals surface area (Å²) in [5.74, 6) is -2.03. The summed E-state index contributed by atoms with van der Waals surface area (Å²) in [7, 11) is 1.44. The number of aromatic nitrogens is 1. The highest BCUT2D eigenvalue weighted by Gasteiger charge is 2.43. The number of carboxylic acids is 1. The summed E-state index contributed by atoms with van der Waals surface area (Å²) in [6.07, 6.45) is 0.0252. The van der Waals surface area contributed by atoms with Crippen LogP contribution in [0.2, 0.25) is 0 Å². The molecule has 3 unspecified atom stereocenters. The predicted molar refractivity (Wildman–Crippen MR) is 156 cm³/mol. The zero-order valence-corrected chi connectivity index (χ0v) is 24.7. The Balaban J connectivity index is 1.31. The summed E-state index contributed by atoms with van der Waals surface area (Å²) in [6.45, 7) is 2.17. The van der Waals surface area contributed by atoms with Crippen LogP contribution in [0.5, 0.6) is 11.6 Å². The molecule has 4 atom stereocenters. The number of methoxy groups -OCH3 is 1. The summed E-state index contributed by atoms with van der Waals surface area (Å²) in [4.78, 5) is 17.6. The molecular weight excluding hydrogens is 576 g/mol. The molecule has 3 heterocycles. The highest BCUT2D eigenvalue weighted by Crippen LogP contribution is 2.48. The molecule has 1 N–H and O–H groups in total. The average molecular weight is 613 g/mol. The number of likely N-dealkylation sites (tertiary alicyclic amines) is 1. The van der Waals surface area contributed by atoms with E-state index in [-0.39, 0.29) is 43.0 Å². The molecule has 2 aromatic carbocycles. The largest absolute Gasteiger partial charge is 0.485 e. The Morgan fingerprint density at radius 3 is 2.59 bits per heavy atom. The lowest BCUT2D eigenvalue weighted by Crippen LogP contribution is -2.27. The van der Waals surface area contributed by atoms with E-state index in [1.807, 2.05) is 30.3 Å². The van der Waals surface area contributed by atoms with E-state index in [9.17, 15) is 23.1 Å². The minimum Gasteiger partial charge on any atom is -0.485 e. The van der Waals surface area contributed by atoms with E-state index in [2.05, 4.69) is 4.98 Å². The molecule has 44 heavy (non-hydrogen) atoms. The Bertz CT molecular complexity index is 1540. The van der Waals surface area contributed by atoms with E-state index in [0.29, 0.717) is 30.0 Å². The Morgan fingerprint density at radius 2 is 1.91 bits per heavy atom. The third-order valence-corrected chi connectivity index (χ3v) is 9.44. The molecule has 1 saturated carbocycles. The van der Waals surface area contributed by atoms with Crippen LogP contribution in [-0.4, -0.2) is 47.3 Å². The van der Waals surface area contributed by atoms with Crippen LogP contribution >= 0.6 is 0 Å². The number of nitrogens with zero attached hydrogens (tertiary/aromatic N) is 2. The van der Waals surface area contributed by atoms with Gasteiger partial charge in [0.2, 0.25) is 5.88 Å². The highest BCUT2D eigenvalue weighted by molar-refractivity contribution is 5.71. The van der Waals surface area contributed by atoms with Gasteiger partial charge in [0.15, 0.2) is 0 Å². The third-order valence-electron chi connectivity index (χ3n) is 9.44. The molecule has 234 valence electrons. The molecule has 6 rings (SSSR count). The molecule has 10 heteroatoms. The number of aliphatic carboxylic acids is 1. The molecular formula is C34H36F4N2O4. The monoisotopic (exact) mass is 612 g/mol. The van der Waals surface area contributed by atoms with Crippen molar-refractivity contribution in [1.29, 1.82) is 0 Å². The fourth-order valence-corrected chi connectivity index (χ4v) is 6.84. The van der Waals surface area contributed by atoms with Gasteiger partial charge in [-0.25, -0.2) is 9.37 Å². The number of halogens is 4. The quantitative estimate of drug-likeness (QED) is 0.252. The topological polar surface area (TPSA) is 71.9 Å². The maximum absolute atomic E-state index is 15.1. The van der Waals surface area contributed by atoms with Crippen molar-refractivity contribution in [2.75, 3.05) is 20.2 Å². The predicted octanol–water partition coefficient (Wildman–Crippen LogP) is 7.56. The number of carbonyl (C=O) groups is 1. The fourth-order valence-electron chi connectivity index (χ4n) is 6.84. The van der Waals surface area contributed by atoms with Gasteiger partial charge in [-0.1, -0.05) is 37.3 Å². The molecule has 2 aliphatic heterocycles.